The highest BCUT2D eigenvalue weighted by Gasteiger charge is 2.18. The van der Waals surface area contributed by atoms with Gasteiger partial charge in [-0.15, -0.1) is 0 Å². The maximum atomic E-state index is 9.91. The van der Waals surface area contributed by atoms with E-state index < -0.39 is 5.92 Å². The van der Waals surface area contributed by atoms with E-state index in [1.54, 1.807) is 4.52 Å². The van der Waals surface area contributed by atoms with Gasteiger partial charge in [-0.05, 0) is 80.5 Å². The van der Waals surface area contributed by atoms with Crippen molar-refractivity contribution in [2.24, 2.45) is 0 Å². The Hall–Kier alpha value is -3.09. The maximum Gasteiger partial charge on any atom is 0.274 e. The molecule has 2 heterocycles. The zero-order chi connectivity index (χ0) is 20.7. The molecule has 5 rings (SSSR count). The Labute approximate surface area is 190 Å². The number of tetrazole rings is 1. The van der Waals surface area contributed by atoms with Crippen molar-refractivity contribution < 1.29 is 0 Å². The first-order chi connectivity index (χ1) is 14.6. The second kappa shape index (κ2) is 7.63. The average Bonchev–Trinajstić information content (AvgIpc) is 3.24. The van der Waals surface area contributed by atoms with Crippen molar-refractivity contribution in [2.75, 3.05) is 0 Å². The number of rotatable bonds is 3. The summed E-state index contributed by atoms with van der Waals surface area (Å²) in [5.74, 6) is 0.00266. The molecule has 30 heavy (non-hydrogen) atoms. The highest BCUT2D eigenvalue weighted by Crippen LogP contribution is 2.33. The van der Waals surface area contributed by atoms with Gasteiger partial charge in [0.15, 0.2) is 0 Å². The van der Waals surface area contributed by atoms with Crippen LogP contribution >= 0.6 is 34.2 Å². The molecule has 0 fully saturated rings. The molecule has 0 saturated carbocycles. The summed E-state index contributed by atoms with van der Waals surface area (Å²) < 4.78 is 2.72. The van der Waals surface area contributed by atoms with Crippen LogP contribution in [0.25, 0.3) is 27.9 Å². The van der Waals surface area contributed by atoms with Crippen LogP contribution in [0.2, 0.25) is 5.02 Å². The SMILES string of the molecule is N#CC(c1ccc(I)cc1)c1ccc2c(c1)c(-c1cccc(Cl)c1)nc1nnnn12. The molecule has 1 unspecified atom stereocenters. The van der Waals surface area contributed by atoms with Gasteiger partial charge >= 0.3 is 0 Å². The fourth-order valence-electron chi connectivity index (χ4n) is 3.53. The molecule has 0 radical (unpaired) electrons. The maximum absolute atomic E-state index is 9.91. The van der Waals surface area contributed by atoms with Crippen LogP contribution in [0.3, 0.4) is 0 Å². The van der Waals surface area contributed by atoms with E-state index >= 15 is 0 Å². The number of fused-ring (bicyclic) bond motifs is 3. The van der Waals surface area contributed by atoms with Gasteiger partial charge in [-0.3, -0.25) is 0 Å². The van der Waals surface area contributed by atoms with Gasteiger partial charge in [0.25, 0.3) is 5.78 Å². The van der Waals surface area contributed by atoms with E-state index in [1.807, 2.05) is 66.7 Å². The van der Waals surface area contributed by atoms with Crippen molar-refractivity contribution in [2.45, 2.75) is 5.92 Å². The number of aromatic nitrogens is 5. The van der Waals surface area contributed by atoms with E-state index in [0.717, 1.165) is 36.9 Å². The first-order valence-corrected chi connectivity index (χ1v) is 10.5. The number of halogens is 2. The van der Waals surface area contributed by atoms with Gasteiger partial charge < -0.3 is 0 Å². The van der Waals surface area contributed by atoms with Gasteiger partial charge in [0, 0.05) is 19.5 Å². The lowest BCUT2D eigenvalue weighted by Gasteiger charge is -2.13. The second-order valence-electron chi connectivity index (χ2n) is 6.75. The largest absolute Gasteiger partial charge is 0.274 e. The van der Waals surface area contributed by atoms with E-state index in [0.29, 0.717) is 10.8 Å². The highest BCUT2D eigenvalue weighted by molar-refractivity contribution is 14.1. The summed E-state index contributed by atoms with van der Waals surface area (Å²) in [5.41, 5.74) is 4.21. The van der Waals surface area contributed by atoms with Gasteiger partial charge in [-0.25, -0.2) is 4.98 Å². The first-order valence-electron chi connectivity index (χ1n) is 9.07. The van der Waals surface area contributed by atoms with E-state index in [2.05, 4.69) is 49.2 Å². The number of nitriles is 1. The van der Waals surface area contributed by atoms with Crippen molar-refractivity contribution in [3.05, 3.63) is 86.4 Å². The van der Waals surface area contributed by atoms with Gasteiger partial charge in [0.2, 0.25) is 0 Å². The van der Waals surface area contributed by atoms with Crippen molar-refractivity contribution in [1.82, 2.24) is 25.0 Å². The zero-order valence-corrected chi connectivity index (χ0v) is 18.3. The molecule has 8 heteroatoms. The standard InChI is InChI=1S/C22H12ClIN6/c23-16-3-1-2-15(10-16)21-18-11-14(19(12-25)13-4-7-17(24)8-5-13)6-9-20(18)30-22(26-21)27-28-29-30/h1-11,19H. The minimum absolute atomic E-state index is 0.400. The van der Waals surface area contributed by atoms with Crippen LogP contribution in [-0.4, -0.2) is 25.0 Å². The minimum atomic E-state index is -0.400. The monoisotopic (exact) mass is 522 g/mol. The smallest absolute Gasteiger partial charge is 0.209 e. The minimum Gasteiger partial charge on any atom is -0.209 e. The molecule has 2 aromatic heterocycles. The van der Waals surface area contributed by atoms with Crippen LogP contribution in [0.15, 0.2) is 66.7 Å². The summed E-state index contributed by atoms with van der Waals surface area (Å²) >= 11 is 8.48. The van der Waals surface area contributed by atoms with E-state index in [-0.39, 0.29) is 0 Å². The second-order valence-corrected chi connectivity index (χ2v) is 8.43. The molecule has 0 aliphatic carbocycles. The van der Waals surface area contributed by atoms with Crippen molar-refractivity contribution >= 4 is 50.9 Å². The summed E-state index contributed by atoms with van der Waals surface area (Å²) in [5, 5.41) is 23.2. The van der Waals surface area contributed by atoms with Gasteiger partial charge in [0.05, 0.1) is 23.2 Å². The van der Waals surface area contributed by atoms with Gasteiger partial charge in [-0.1, -0.05) is 47.0 Å². The van der Waals surface area contributed by atoms with Crippen LogP contribution in [0.5, 0.6) is 0 Å². The van der Waals surface area contributed by atoms with Gasteiger partial charge in [-0.2, -0.15) is 9.78 Å². The van der Waals surface area contributed by atoms with Crippen molar-refractivity contribution in [1.29, 1.82) is 5.26 Å². The number of nitrogens with zero attached hydrogens (tertiary/aromatic N) is 6. The zero-order valence-electron chi connectivity index (χ0n) is 15.4. The van der Waals surface area contributed by atoms with Crippen LogP contribution in [0.4, 0.5) is 0 Å². The number of hydrogen-bond acceptors (Lipinski definition) is 5. The van der Waals surface area contributed by atoms with E-state index in [4.69, 9.17) is 11.6 Å². The van der Waals surface area contributed by atoms with Gasteiger partial charge in [0.1, 0.15) is 0 Å². The Morgan fingerprint density at radius 1 is 1.00 bits per heavy atom. The molecule has 0 aliphatic heterocycles. The summed E-state index contributed by atoms with van der Waals surface area (Å²) in [4.78, 5) is 4.67. The summed E-state index contributed by atoms with van der Waals surface area (Å²) in [6.07, 6.45) is 0. The molecule has 0 amide bonds. The third kappa shape index (κ3) is 3.28. The Balaban J connectivity index is 1.77. The van der Waals surface area contributed by atoms with E-state index in [9.17, 15) is 5.26 Å². The quantitative estimate of drug-likeness (QED) is 0.302. The van der Waals surface area contributed by atoms with Crippen molar-refractivity contribution in [3.8, 4) is 17.3 Å². The highest BCUT2D eigenvalue weighted by atomic mass is 127. The molecule has 0 bridgehead atoms. The molecular weight excluding hydrogens is 511 g/mol. The molecule has 5 aromatic rings. The fraction of sp³-hybridized carbons (Fsp3) is 0.0455. The molecule has 0 spiro atoms. The predicted molar refractivity (Wildman–Crippen MR) is 123 cm³/mol. The Morgan fingerprint density at radius 2 is 1.80 bits per heavy atom. The molecule has 1 atom stereocenters. The Bertz CT molecular complexity index is 1440. The average molecular weight is 523 g/mol. The summed E-state index contributed by atoms with van der Waals surface area (Å²) in [7, 11) is 0. The van der Waals surface area contributed by atoms with Crippen LogP contribution in [-0.2, 0) is 0 Å². The normalized spacial score (nSPS) is 12.2. The topological polar surface area (TPSA) is 79.8 Å². The fourth-order valence-corrected chi connectivity index (χ4v) is 4.08. The van der Waals surface area contributed by atoms with Crippen LogP contribution in [0.1, 0.15) is 17.0 Å². The summed E-state index contributed by atoms with van der Waals surface area (Å²) in [6.45, 7) is 0. The molecule has 0 saturated heterocycles. The number of benzene rings is 3. The van der Waals surface area contributed by atoms with Crippen LogP contribution in [0, 0.1) is 14.9 Å². The lowest BCUT2D eigenvalue weighted by Crippen LogP contribution is -2.02. The molecule has 144 valence electrons. The van der Waals surface area contributed by atoms with Crippen LogP contribution < -0.4 is 0 Å². The Morgan fingerprint density at radius 3 is 2.57 bits per heavy atom. The Kier molecular flexibility index (Phi) is 4.81. The lowest BCUT2D eigenvalue weighted by atomic mass is 9.91. The van der Waals surface area contributed by atoms with E-state index in [1.165, 1.54) is 0 Å². The predicted octanol–water partition coefficient (Wildman–Crippen LogP) is 5.25. The van der Waals surface area contributed by atoms with Crippen molar-refractivity contribution in [3.63, 3.8) is 0 Å². The summed E-state index contributed by atoms with van der Waals surface area (Å²) in [6, 6.07) is 23.8. The third-order valence-corrected chi connectivity index (χ3v) is 5.89. The molecule has 6 nitrogen and oxygen atoms in total. The number of hydrogen-bond donors (Lipinski definition) is 0. The molecule has 0 aliphatic rings. The molecule has 0 N–H and O–H groups in total. The lowest BCUT2D eigenvalue weighted by molar-refractivity contribution is 0.840. The first kappa shape index (κ1) is 18.9. The molecular formula is C22H12ClIN6. The third-order valence-electron chi connectivity index (χ3n) is 4.93. The molecule has 3 aromatic carbocycles.